The van der Waals surface area contributed by atoms with Gasteiger partial charge in [-0.15, -0.1) is 0 Å². The molecule has 1 fully saturated rings. The fraction of sp³-hybridized carbons (Fsp3) is 0.500. The third-order valence-electron chi connectivity index (χ3n) is 4.23. The molecule has 0 aliphatic carbocycles. The van der Waals surface area contributed by atoms with Crippen molar-refractivity contribution in [1.29, 1.82) is 0 Å². The van der Waals surface area contributed by atoms with Crippen LogP contribution in [0.1, 0.15) is 26.2 Å². The molecule has 1 saturated heterocycles. The molecule has 0 atom stereocenters. The van der Waals surface area contributed by atoms with Crippen LogP contribution in [0.3, 0.4) is 0 Å². The van der Waals surface area contributed by atoms with Gasteiger partial charge < -0.3 is 15.1 Å². The minimum atomic E-state index is -0.688. The van der Waals surface area contributed by atoms with Crippen LogP contribution in [0, 0.1) is 5.82 Å². The van der Waals surface area contributed by atoms with Crippen molar-refractivity contribution in [3.05, 3.63) is 30.1 Å². The van der Waals surface area contributed by atoms with Gasteiger partial charge in [-0.2, -0.15) is 0 Å². The van der Waals surface area contributed by atoms with Crippen LogP contribution in [0.5, 0.6) is 0 Å². The van der Waals surface area contributed by atoms with E-state index in [1.807, 2.05) is 6.92 Å². The number of hydrogen-bond donors (Lipinski definition) is 1. The van der Waals surface area contributed by atoms with Gasteiger partial charge in [0.2, 0.25) is 11.7 Å². The van der Waals surface area contributed by atoms with Crippen molar-refractivity contribution < 1.29 is 18.8 Å². The van der Waals surface area contributed by atoms with Crippen molar-refractivity contribution in [1.82, 2.24) is 10.2 Å². The molecule has 1 heterocycles. The van der Waals surface area contributed by atoms with Crippen molar-refractivity contribution >= 4 is 23.3 Å². The number of rotatable bonds is 7. The lowest BCUT2D eigenvalue weighted by atomic mass is 10.2. The number of carbonyl (C=O) groups excluding carboxylic acids is 3. The first-order valence-corrected chi connectivity index (χ1v) is 8.60. The van der Waals surface area contributed by atoms with Crippen LogP contribution in [-0.4, -0.2) is 55.2 Å². The summed E-state index contributed by atoms with van der Waals surface area (Å²) in [5, 5.41) is 2.40. The van der Waals surface area contributed by atoms with Crippen LogP contribution in [0.25, 0.3) is 0 Å². The molecular weight excluding hydrogens is 325 g/mol. The van der Waals surface area contributed by atoms with Crippen molar-refractivity contribution in [3.63, 3.8) is 0 Å². The Hall–Kier alpha value is -2.44. The van der Waals surface area contributed by atoms with Crippen molar-refractivity contribution in [2.24, 2.45) is 0 Å². The molecule has 2 rings (SSSR count). The maximum atomic E-state index is 13.0. The normalized spacial score (nSPS) is 14.3. The lowest BCUT2D eigenvalue weighted by molar-refractivity contribution is -0.139. The Morgan fingerprint density at radius 2 is 1.72 bits per heavy atom. The number of piperazine rings is 1. The number of unbranched alkanes of at least 4 members (excludes halogenated alkanes) is 1. The Bertz CT molecular complexity index is 610. The van der Waals surface area contributed by atoms with E-state index in [9.17, 15) is 18.8 Å². The molecule has 0 aromatic heterocycles. The fourth-order valence-electron chi connectivity index (χ4n) is 2.68. The number of nitrogens with one attached hydrogen (secondary N) is 1. The highest BCUT2D eigenvalue weighted by Gasteiger charge is 2.22. The molecule has 0 unspecified atom stereocenters. The summed E-state index contributed by atoms with van der Waals surface area (Å²) >= 11 is 0. The molecule has 1 aromatic rings. The predicted octanol–water partition coefficient (Wildman–Crippen LogP) is 1.35. The highest BCUT2D eigenvalue weighted by molar-refractivity contribution is 6.36. The fourth-order valence-corrected chi connectivity index (χ4v) is 2.68. The topological polar surface area (TPSA) is 69.7 Å². The zero-order valence-corrected chi connectivity index (χ0v) is 14.5. The number of Topliss-reactive ketones (excluding diaryl/α,β-unsaturated/α-hetero) is 1. The second-order valence-corrected chi connectivity index (χ2v) is 6.05. The average molecular weight is 349 g/mol. The van der Waals surface area contributed by atoms with Gasteiger partial charge in [-0.1, -0.05) is 13.3 Å². The van der Waals surface area contributed by atoms with Crippen molar-refractivity contribution in [2.75, 3.05) is 37.6 Å². The van der Waals surface area contributed by atoms with Gasteiger partial charge in [0.1, 0.15) is 5.82 Å². The van der Waals surface area contributed by atoms with Crippen LogP contribution in [-0.2, 0) is 14.4 Å². The van der Waals surface area contributed by atoms with E-state index in [1.165, 1.54) is 12.1 Å². The van der Waals surface area contributed by atoms with Gasteiger partial charge in [-0.25, -0.2) is 4.39 Å². The summed E-state index contributed by atoms with van der Waals surface area (Å²) in [6.07, 6.45) is 1.73. The SMILES string of the molecule is CCCCC(=O)C(=O)NCC(=O)N1CCN(c2ccc(F)cc2)CC1. The summed E-state index contributed by atoms with van der Waals surface area (Å²) in [4.78, 5) is 39.1. The van der Waals surface area contributed by atoms with E-state index in [2.05, 4.69) is 10.2 Å². The third-order valence-corrected chi connectivity index (χ3v) is 4.23. The molecule has 0 radical (unpaired) electrons. The van der Waals surface area contributed by atoms with E-state index in [0.717, 1.165) is 12.1 Å². The molecule has 0 saturated carbocycles. The summed E-state index contributed by atoms with van der Waals surface area (Å²) < 4.78 is 13.0. The lowest BCUT2D eigenvalue weighted by Crippen LogP contribution is -2.51. The highest BCUT2D eigenvalue weighted by atomic mass is 19.1. The van der Waals surface area contributed by atoms with Crippen LogP contribution in [0.4, 0.5) is 10.1 Å². The molecule has 0 spiro atoms. The second-order valence-electron chi connectivity index (χ2n) is 6.05. The summed E-state index contributed by atoms with van der Waals surface area (Å²) in [5.41, 5.74) is 0.920. The summed E-state index contributed by atoms with van der Waals surface area (Å²) in [6.45, 7) is 4.11. The molecule has 1 N–H and O–H groups in total. The zero-order chi connectivity index (χ0) is 18.2. The molecule has 2 amide bonds. The van der Waals surface area contributed by atoms with E-state index in [-0.39, 0.29) is 24.7 Å². The molecule has 25 heavy (non-hydrogen) atoms. The predicted molar refractivity (Wildman–Crippen MR) is 92.7 cm³/mol. The number of nitrogens with zero attached hydrogens (tertiary/aromatic N) is 2. The Morgan fingerprint density at radius 1 is 1.08 bits per heavy atom. The number of carbonyl (C=O) groups is 3. The Kier molecular flexibility index (Phi) is 6.91. The van der Waals surface area contributed by atoms with Gasteiger partial charge in [-0.3, -0.25) is 14.4 Å². The van der Waals surface area contributed by atoms with Crippen LogP contribution < -0.4 is 10.2 Å². The molecule has 1 aliphatic heterocycles. The molecule has 1 aromatic carbocycles. The van der Waals surface area contributed by atoms with Gasteiger partial charge in [0.25, 0.3) is 5.91 Å². The van der Waals surface area contributed by atoms with Crippen LogP contribution >= 0.6 is 0 Å². The Labute approximate surface area is 147 Å². The monoisotopic (exact) mass is 349 g/mol. The van der Waals surface area contributed by atoms with Crippen molar-refractivity contribution in [2.45, 2.75) is 26.2 Å². The van der Waals surface area contributed by atoms with E-state index in [1.54, 1.807) is 17.0 Å². The standard InChI is InChI=1S/C18H24FN3O3/c1-2-3-4-16(23)18(25)20-13-17(24)22-11-9-21(10-12-22)15-7-5-14(19)6-8-15/h5-8H,2-4,9-13H2,1H3,(H,20,25). The number of anilines is 1. The number of halogens is 1. The van der Waals surface area contributed by atoms with E-state index < -0.39 is 11.7 Å². The Morgan fingerprint density at radius 3 is 2.32 bits per heavy atom. The van der Waals surface area contributed by atoms with Crippen LogP contribution in [0.15, 0.2) is 24.3 Å². The summed E-state index contributed by atoms with van der Waals surface area (Å²) in [7, 11) is 0. The van der Waals surface area contributed by atoms with E-state index in [0.29, 0.717) is 32.6 Å². The van der Waals surface area contributed by atoms with Crippen molar-refractivity contribution in [3.8, 4) is 0 Å². The Balaban J connectivity index is 1.74. The molecule has 6 nitrogen and oxygen atoms in total. The van der Waals surface area contributed by atoms with E-state index in [4.69, 9.17) is 0 Å². The first-order chi connectivity index (χ1) is 12.0. The summed E-state index contributed by atoms with van der Waals surface area (Å²) in [5.74, 6) is -1.64. The number of benzene rings is 1. The number of hydrogen-bond acceptors (Lipinski definition) is 4. The van der Waals surface area contributed by atoms with Gasteiger partial charge in [0.05, 0.1) is 6.54 Å². The quantitative estimate of drug-likeness (QED) is 0.755. The summed E-state index contributed by atoms with van der Waals surface area (Å²) in [6, 6.07) is 6.26. The molecule has 7 heteroatoms. The smallest absolute Gasteiger partial charge is 0.287 e. The zero-order valence-electron chi connectivity index (χ0n) is 14.5. The highest BCUT2D eigenvalue weighted by Crippen LogP contribution is 2.16. The van der Waals surface area contributed by atoms with Gasteiger partial charge in [0.15, 0.2) is 0 Å². The first-order valence-electron chi connectivity index (χ1n) is 8.60. The average Bonchev–Trinajstić information content (AvgIpc) is 2.64. The maximum absolute atomic E-state index is 13.0. The number of amides is 2. The largest absolute Gasteiger partial charge is 0.368 e. The number of ketones is 1. The molecule has 136 valence electrons. The second kappa shape index (κ2) is 9.15. The van der Waals surface area contributed by atoms with Gasteiger partial charge >= 0.3 is 0 Å². The maximum Gasteiger partial charge on any atom is 0.287 e. The molecule has 1 aliphatic rings. The molecular formula is C18H24FN3O3. The minimum absolute atomic E-state index is 0.159. The van der Waals surface area contributed by atoms with Gasteiger partial charge in [0, 0.05) is 38.3 Å². The first kappa shape index (κ1) is 18.9. The van der Waals surface area contributed by atoms with E-state index >= 15 is 0 Å². The third kappa shape index (κ3) is 5.55. The van der Waals surface area contributed by atoms with Gasteiger partial charge in [-0.05, 0) is 30.7 Å². The molecule has 0 bridgehead atoms. The van der Waals surface area contributed by atoms with Crippen LogP contribution in [0.2, 0.25) is 0 Å². The minimum Gasteiger partial charge on any atom is -0.368 e. The lowest BCUT2D eigenvalue weighted by Gasteiger charge is -2.36.